The number of pyridine rings is 1. The van der Waals surface area contributed by atoms with Gasteiger partial charge in [0.15, 0.2) is 5.78 Å². The van der Waals surface area contributed by atoms with Crippen LogP contribution in [0.25, 0.3) is 0 Å². The van der Waals surface area contributed by atoms with Gasteiger partial charge >= 0.3 is 29.6 Å². The van der Waals surface area contributed by atoms with E-state index in [0.717, 1.165) is 12.0 Å². The summed E-state index contributed by atoms with van der Waals surface area (Å²) in [5.74, 6) is -0.0572. The summed E-state index contributed by atoms with van der Waals surface area (Å²) in [6.07, 6.45) is 6.88. The second-order valence-corrected chi connectivity index (χ2v) is 8.43. The second-order valence-electron chi connectivity index (χ2n) is 7.02. The predicted octanol–water partition coefficient (Wildman–Crippen LogP) is -0.0806. The maximum absolute atomic E-state index is 13.1. The van der Waals surface area contributed by atoms with Gasteiger partial charge in [-0.1, -0.05) is 42.5 Å². The van der Waals surface area contributed by atoms with Gasteiger partial charge in [0.1, 0.15) is 5.69 Å². The summed E-state index contributed by atoms with van der Waals surface area (Å²) in [5, 5.41) is 0. The first-order valence-corrected chi connectivity index (χ1v) is 10.2. The van der Waals surface area contributed by atoms with Crippen LogP contribution in [0, 0.1) is 17.8 Å². The number of nitrogens with zero attached hydrogens (tertiary/aromatic N) is 1. The second kappa shape index (κ2) is 7.97. The quantitative estimate of drug-likeness (QED) is 0.308. The molecule has 2 aromatic rings. The Hall–Kier alpha value is -1.31. The summed E-state index contributed by atoms with van der Waals surface area (Å²) < 4.78 is 32.8. The number of hydrogen-bond donors (Lipinski definition) is 0. The van der Waals surface area contributed by atoms with E-state index >= 15 is 0 Å². The number of carbonyl (C=O) groups is 1. The van der Waals surface area contributed by atoms with Gasteiger partial charge in [0.25, 0.3) is 0 Å². The van der Waals surface area contributed by atoms with E-state index in [-0.39, 0.29) is 53.1 Å². The fraction of sp³-hybridized carbons (Fsp3) is 0.300. The Bertz CT molecular complexity index is 957. The number of aromatic nitrogens is 1. The van der Waals surface area contributed by atoms with Crippen LogP contribution in [0.3, 0.4) is 0 Å². The number of carbonyl (C=O) groups excluding carboxylic acids is 1. The molecule has 7 heteroatoms. The minimum atomic E-state index is -4.30. The molecule has 2 bridgehead atoms. The van der Waals surface area contributed by atoms with Crippen molar-refractivity contribution in [1.29, 1.82) is 0 Å². The molecule has 1 aromatic carbocycles. The number of allylic oxidation sites excluding steroid dienone is 2. The molecule has 2 aliphatic rings. The van der Waals surface area contributed by atoms with Crippen molar-refractivity contribution in [2.45, 2.75) is 18.1 Å². The molecule has 0 saturated heterocycles. The average Bonchev–Trinajstić information content (AvgIpc) is 3.22. The molecule has 5 nitrogen and oxygen atoms in total. The van der Waals surface area contributed by atoms with Gasteiger partial charge < -0.3 is 4.55 Å². The Labute approximate surface area is 180 Å². The van der Waals surface area contributed by atoms with Crippen LogP contribution in [0.15, 0.2) is 60.8 Å². The molecular weight excluding hydrogens is 373 g/mol. The molecule has 0 aliphatic heterocycles. The van der Waals surface area contributed by atoms with Gasteiger partial charge in [-0.05, 0) is 41.5 Å². The van der Waals surface area contributed by atoms with E-state index in [1.54, 1.807) is 30.5 Å². The van der Waals surface area contributed by atoms with Crippen LogP contribution in [-0.2, 0) is 15.9 Å². The first kappa shape index (κ1) is 20.4. The van der Waals surface area contributed by atoms with Gasteiger partial charge in [-0.25, -0.2) is 8.42 Å². The van der Waals surface area contributed by atoms with Gasteiger partial charge in [0.05, 0.1) is 15.9 Å². The summed E-state index contributed by atoms with van der Waals surface area (Å²) in [7, 11) is -4.30. The van der Waals surface area contributed by atoms with Crippen LogP contribution in [0.5, 0.6) is 0 Å². The number of ketones is 1. The molecule has 1 fully saturated rings. The van der Waals surface area contributed by atoms with E-state index in [2.05, 4.69) is 17.1 Å². The monoisotopic (exact) mass is 391 g/mol. The molecule has 0 radical (unpaired) electrons. The summed E-state index contributed by atoms with van der Waals surface area (Å²) in [4.78, 5) is 17.3. The van der Waals surface area contributed by atoms with Gasteiger partial charge in [0.2, 0.25) is 0 Å². The third kappa shape index (κ3) is 4.25. The third-order valence-corrected chi connectivity index (χ3v) is 6.07. The van der Waals surface area contributed by atoms with Gasteiger partial charge in [-0.3, -0.25) is 9.78 Å². The van der Waals surface area contributed by atoms with Gasteiger partial charge in [0, 0.05) is 18.0 Å². The zero-order valence-corrected chi connectivity index (χ0v) is 17.8. The number of hydrogen-bond acceptors (Lipinski definition) is 5. The Morgan fingerprint density at radius 3 is 2.41 bits per heavy atom. The SMILES string of the molecule is O=C(c1ccccn1)[C@H]1[C@H](c2ccc(CS(=O)(=O)[O-])cc2)[C@H]2C=C[C@@H]1C2.[Na+]. The average molecular weight is 391 g/mol. The molecule has 0 unspecified atom stereocenters. The molecule has 4 rings (SSSR count). The Morgan fingerprint density at radius 1 is 1.07 bits per heavy atom. The van der Waals surface area contributed by atoms with Crippen molar-refractivity contribution < 1.29 is 47.3 Å². The molecule has 0 amide bonds. The number of rotatable bonds is 5. The zero-order chi connectivity index (χ0) is 18.3. The molecule has 1 heterocycles. The fourth-order valence-electron chi connectivity index (χ4n) is 4.35. The summed E-state index contributed by atoms with van der Waals surface area (Å²) in [6, 6.07) is 12.4. The first-order chi connectivity index (χ1) is 12.4. The van der Waals surface area contributed by atoms with Crippen molar-refractivity contribution in [3.05, 3.63) is 77.6 Å². The molecule has 4 atom stereocenters. The minimum Gasteiger partial charge on any atom is -0.748 e. The van der Waals surface area contributed by atoms with E-state index < -0.39 is 15.9 Å². The van der Waals surface area contributed by atoms with Gasteiger partial charge in [-0.2, -0.15) is 0 Å². The van der Waals surface area contributed by atoms with Crippen LogP contribution in [-0.4, -0.2) is 23.7 Å². The van der Waals surface area contributed by atoms with E-state index in [1.807, 2.05) is 18.2 Å². The summed E-state index contributed by atoms with van der Waals surface area (Å²) >= 11 is 0. The zero-order valence-electron chi connectivity index (χ0n) is 15.0. The standard InChI is InChI=1S/C20H19NO4S.Na/c22-20(17-3-1-2-10-21-17)19-16-9-8-15(11-16)18(19)14-6-4-13(5-7-14)12-26(23,24)25;/h1-10,15-16,18-19H,11-12H2,(H,23,24,25);/q;+1/p-1/t15-,16+,18+,19+;/m0./s1. The van der Waals surface area contributed by atoms with E-state index in [1.165, 1.54) is 0 Å². The van der Waals surface area contributed by atoms with E-state index in [0.29, 0.717) is 17.2 Å². The Balaban J connectivity index is 0.00000210. The van der Waals surface area contributed by atoms with Crippen LogP contribution in [0.2, 0.25) is 0 Å². The van der Waals surface area contributed by atoms with Crippen LogP contribution >= 0.6 is 0 Å². The van der Waals surface area contributed by atoms with Crippen molar-refractivity contribution >= 4 is 15.9 Å². The Kier molecular flexibility index (Phi) is 6.03. The summed E-state index contributed by atoms with van der Waals surface area (Å²) in [5.41, 5.74) is 1.95. The van der Waals surface area contributed by atoms with Crippen LogP contribution < -0.4 is 29.6 Å². The van der Waals surface area contributed by atoms with Crippen molar-refractivity contribution in [2.75, 3.05) is 0 Å². The number of benzene rings is 1. The molecule has 0 N–H and O–H groups in total. The summed E-state index contributed by atoms with van der Waals surface area (Å²) in [6.45, 7) is 0. The van der Waals surface area contributed by atoms with Crippen molar-refractivity contribution in [1.82, 2.24) is 4.98 Å². The maximum Gasteiger partial charge on any atom is 1.00 e. The fourth-order valence-corrected chi connectivity index (χ4v) is 4.95. The smallest absolute Gasteiger partial charge is 0.748 e. The van der Waals surface area contributed by atoms with Crippen molar-refractivity contribution in [3.8, 4) is 0 Å². The number of Topliss-reactive ketones (excluding diaryl/α,β-unsaturated/α-hetero) is 1. The third-order valence-electron chi connectivity index (χ3n) is 5.39. The number of fused-ring (bicyclic) bond motifs is 2. The minimum absolute atomic E-state index is 0. The van der Waals surface area contributed by atoms with Crippen LogP contribution in [0.1, 0.15) is 34.0 Å². The van der Waals surface area contributed by atoms with Gasteiger partial charge in [-0.15, -0.1) is 0 Å². The van der Waals surface area contributed by atoms with E-state index in [9.17, 15) is 17.8 Å². The molecule has 2 aliphatic carbocycles. The molecule has 27 heavy (non-hydrogen) atoms. The maximum atomic E-state index is 13.1. The first-order valence-electron chi connectivity index (χ1n) is 8.58. The van der Waals surface area contributed by atoms with Crippen LogP contribution in [0.4, 0.5) is 0 Å². The predicted molar refractivity (Wildman–Crippen MR) is 95.4 cm³/mol. The van der Waals surface area contributed by atoms with Crippen molar-refractivity contribution in [2.24, 2.45) is 17.8 Å². The van der Waals surface area contributed by atoms with E-state index in [4.69, 9.17) is 0 Å². The largest absolute Gasteiger partial charge is 1.00 e. The normalized spacial score (nSPS) is 26.0. The molecular formula is C20H18NNaO4S. The molecule has 1 saturated carbocycles. The molecule has 1 aromatic heterocycles. The molecule has 134 valence electrons. The van der Waals surface area contributed by atoms with Crippen molar-refractivity contribution in [3.63, 3.8) is 0 Å². The Morgan fingerprint density at radius 2 is 1.78 bits per heavy atom. The topological polar surface area (TPSA) is 87.2 Å². The molecule has 0 spiro atoms.